The molecular weight excluding hydrogens is 344 g/mol. The minimum absolute atomic E-state index is 0.159. The van der Waals surface area contributed by atoms with Gasteiger partial charge in [-0.1, -0.05) is 51.8 Å². The molecular formula is C15H12BrClOS. The standard InChI is InChI=1S/C15H12BrClOS/c16-13-5-3-12(4-6-13)15(18)10-19-9-11-1-7-14(17)8-2-11/h1-8H,9-10H2. The van der Waals surface area contributed by atoms with Crippen LogP contribution in [0.15, 0.2) is 53.0 Å². The first-order chi connectivity index (χ1) is 9.15. The highest BCUT2D eigenvalue weighted by Gasteiger charge is 2.05. The summed E-state index contributed by atoms with van der Waals surface area (Å²) in [6.45, 7) is 0. The number of rotatable bonds is 5. The predicted molar refractivity (Wildman–Crippen MR) is 86.1 cm³/mol. The second-order valence-electron chi connectivity index (χ2n) is 4.05. The molecule has 0 atom stereocenters. The number of Topliss-reactive ketones (excluding diaryl/α,β-unsaturated/α-hetero) is 1. The van der Waals surface area contributed by atoms with Gasteiger partial charge in [-0.15, -0.1) is 11.8 Å². The molecule has 98 valence electrons. The molecule has 0 unspecified atom stereocenters. The van der Waals surface area contributed by atoms with Crippen molar-refractivity contribution < 1.29 is 4.79 Å². The number of halogens is 2. The third-order valence-electron chi connectivity index (χ3n) is 2.58. The summed E-state index contributed by atoms with van der Waals surface area (Å²) in [5, 5.41) is 0.736. The molecule has 2 aromatic carbocycles. The SMILES string of the molecule is O=C(CSCc1ccc(Cl)cc1)c1ccc(Br)cc1. The molecule has 0 saturated heterocycles. The van der Waals surface area contributed by atoms with Gasteiger partial charge in [-0.2, -0.15) is 0 Å². The molecule has 0 radical (unpaired) electrons. The summed E-state index contributed by atoms with van der Waals surface area (Å²) in [5.74, 6) is 1.47. The van der Waals surface area contributed by atoms with Crippen LogP contribution in [0.25, 0.3) is 0 Å². The molecule has 0 saturated carbocycles. The van der Waals surface area contributed by atoms with Crippen molar-refractivity contribution in [1.29, 1.82) is 0 Å². The maximum Gasteiger partial charge on any atom is 0.172 e. The highest BCUT2D eigenvalue weighted by Crippen LogP contribution is 2.17. The quantitative estimate of drug-likeness (QED) is 0.684. The van der Waals surface area contributed by atoms with Gasteiger partial charge in [-0.25, -0.2) is 0 Å². The lowest BCUT2D eigenvalue weighted by atomic mass is 10.2. The molecule has 1 nitrogen and oxygen atoms in total. The summed E-state index contributed by atoms with van der Waals surface area (Å²) in [4.78, 5) is 11.9. The second-order valence-corrected chi connectivity index (χ2v) is 6.39. The van der Waals surface area contributed by atoms with E-state index in [9.17, 15) is 4.79 Å². The van der Waals surface area contributed by atoms with E-state index in [4.69, 9.17) is 11.6 Å². The van der Waals surface area contributed by atoms with E-state index in [1.54, 1.807) is 11.8 Å². The fraction of sp³-hybridized carbons (Fsp3) is 0.133. The van der Waals surface area contributed by atoms with E-state index in [-0.39, 0.29) is 5.78 Å². The lowest BCUT2D eigenvalue weighted by Gasteiger charge is -2.03. The topological polar surface area (TPSA) is 17.1 Å². The number of ketones is 1. The van der Waals surface area contributed by atoms with Crippen LogP contribution in [0.4, 0.5) is 0 Å². The number of hydrogen-bond donors (Lipinski definition) is 0. The first kappa shape index (κ1) is 14.6. The molecule has 4 heteroatoms. The molecule has 0 N–H and O–H groups in total. The van der Waals surface area contributed by atoms with Gasteiger partial charge >= 0.3 is 0 Å². The second kappa shape index (κ2) is 7.13. The Morgan fingerprint density at radius 1 is 1.05 bits per heavy atom. The van der Waals surface area contributed by atoms with Crippen LogP contribution >= 0.6 is 39.3 Å². The molecule has 19 heavy (non-hydrogen) atoms. The zero-order valence-corrected chi connectivity index (χ0v) is 13.3. The van der Waals surface area contributed by atoms with Crippen molar-refractivity contribution in [2.45, 2.75) is 5.75 Å². The minimum atomic E-state index is 0.159. The van der Waals surface area contributed by atoms with Gasteiger partial charge in [0.25, 0.3) is 0 Å². The number of carbonyl (C=O) groups is 1. The molecule has 0 aliphatic heterocycles. The summed E-state index contributed by atoms with van der Waals surface area (Å²) < 4.78 is 0.984. The molecule has 2 rings (SSSR count). The van der Waals surface area contributed by atoms with Crippen molar-refractivity contribution in [1.82, 2.24) is 0 Å². The number of benzene rings is 2. The smallest absolute Gasteiger partial charge is 0.172 e. The summed E-state index contributed by atoms with van der Waals surface area (Å²) in [7, 11) is 0. The normalized spacial score (nSPS) is 10.4. The fourth-order valence-corrected chi connectivity index (χ4v) is 2.83. The largest absolute Gasteiger partial charge is 0.293 e. The van der Waals surface area contributed by atoms with Gasteiger partial charge in [0.2, 0.25) is 0 Å². The molecule has 0 heterocycles. The molecule has 0 amide bonds. The Kier molecular flexibility index (Phi) is 5.49. The highest BCUT2D eigenvalue weighted by atomic mass is 79.9. The van der Waals surface area contributed by atoms with Crippen molar-refractivity contribution in [2.24, 2.45) is 0 Å². The van der Waals surface area contributed by atoms with Gasteiger partial charge in [-0.05, 0) is 29.8 Å². The van der Waals surface area contributed by atoms with Crippen LogP contribution in [0.2, 0.25) is 5.02 Å². The zero-order chi connectivity index (χ0) is 13.7. The van der Waals surface area contributed by atoms with E-state index in [1.807, 2.05) is 48.5 Å². The fourth-order valence-electron chi connectivity index (χ4n) is 1.56. The Labute approximate surface area is 130 Å². The van der Waals surface area contributed by atoms with Crippen LogP contribution in [-0.4, -0.2) is 11.5 Å². The Bertz CT molecular complexity index is 551. The van der Waals surface area contributed by atoms with Crippen molar-refractivity contribution in [3.63, 3.8) is 0 Å². The lowest BCUT2D eigenvalue weighted by molar-refractivity contribution is 0.102. The van der Waals surface area contributed by atoms with E-state index in [0.29, 0.717) is 5.75 Å². The Balaban J connectivity index is 1.84. The molecule has 2 aromatic rings. The first-order valence-corrected chi connectivity index (χ1v) is 8.08. The Morgan fingerprint density at radius 2 is 1.68 bits per heavy atom. The lowest BCUT2D eigenvalue weighted by Crippen LogP contribution is -2.02. The molecule has 0 spiro atoms. The van der Waals surface area contributed by atoms with Crippen LogP contribution in [0.5, 0.6) is 0 Å². The van der Waals surface area contributed by atoms with Gasteiger partial charge in [0.1, 0.15) is 0 Å². The number of carbonyl (C=O) groups excluding carboxylic acids is 1. The third kappa shape index (κ3) is 4.68. The van der Waals surface area contributed by atoms with Crippen molar-refractivity contribution in [2.75, 3.05) is 5.75 Å². The monoisotopic (exact) mass is 354 g/mol. The van der Waals surface area contributed by atoms with Crippen LogP contribution in [0.1, 0.15) is 15.9 Å². The van der Waals surface area contributed by atoms with Crippen molar-refractivity contribution >= 4 is 45.1 Å². The van der Waals surface area contributed by atoms with E-state index >= 15 is 0 Å². The maximum absolute atomic E-state index is 11.9. The van der Waals surface area contributed by atoms with Gasteiger partial charge in [0, 0.05) is 20.8 Å². The molecule has 0 aromatic heterocycles. The van der Waals surface area contributed by atoms with Crippen LogP contribution < -0.4 is 0 Å². The number of hydrogen-bond acceptors (Lipinski definition) is 2. The van der Waals surface area contributed by atoms with E-state index in [1.165, 1.54) is 5.56 Å². The Morgan fingerprint density at radius 3 is 2.32 bits per heavy atom. The third-order valence-corrected chi connectivity index (χ3v) is 4.37. The first-order valence-electron chi connectivity index (χ1n) is 5.76. The van der Waals surface area contributed by atoms with Crippen LogP contribution in [-0.2, 0) is 5.75 Å². The van der Waals surface area contributed by atoms with E-state index in [2.05, 4.69) is 15.9 Å². The summed E-state index contributed by atoms with van der Waals surface area (Å²) in [5.41, 5.74) is 1.94. The summed E-state index contributed by atoms with van der Waals surface area (Å²) in [6.07, 6.45) is 0. The molecule has 0 aliphatic rings. The summed E-state index contributed by atoms with van der Waals surface area (Å²) in [6, 6.07) is 15.2. The predicted octanol–water partition coefficient (Wildman–Crippen LogP) is 5.22. The van der Waals surface area contributed by atoms with E-state index in [0.717, 1.165) is 20.8 Å². The highest BCUT2D eigenvalue weighted by molar-refractivity contribution is 9.10. The Hall–Kier alpha value is -0.770. The summed E-state index contributed by atoms with van der Waals surface area (Å²) >= 11 is 10.8. The van der Waals surface area contributed by atoms with Crippen LogP contribution in [0, 0.1) is 0 Å². The van der Waals surface area contributed by atoms with Gasteiger partial charge in [0.15, 0.2) is 5.78 Å². The maximum atomic E-state index is 11.9. The van der Waals surface area contributed by atoms with Crippen molar-refractivity contribution in [3.05, 3.63) is 69.2 Å². The molecule has 0 fully saturated rings. The van der Waals surface area contributed by atoms with Gasteiger partial charge in [0.05, 0.1) is 5.75 Å². The van der Waals surface area contributed by atoms with Crippen LogP contribution in [0.3, 0.4) is 0 Å². The van der Waals surface area contributed by atoms with E-state index < -0.39 is 0 Å². The van der Waals surface area contributed by atoms with Gasteiger partial charge < -0.3 is 0 Å². The zero-order valence-electron chi connectivity index (χ0n) is 10.1. The van der Waals surface area contributed by atoms with Crippen molar-refractivity contribution in [3.8, 4) is 0 Å². The molecule has 0 bridgehead atoms. The molecule has 0 aliphatic carbocycles. The average Bonchev–Trinajstić information content (AvgIpc) is 2.41. The number of thioether (sulfide) groups is 1. The average molecular weight is 356 g/mol. The van der Waals surface area contributed by atoms with Gasteiger partial charge in [-0.3, -0.25) is 4.79 Å². The minimum Gasteiger partial charge on any atom is -0.293 e.